The molecule has 0 aromatic heterocycles. The standard InChI is InChI=1S/C3H6O2.HNO2.Na.H/c1-2-3(4)5;2-1-3;;/h2H2,1H3,(H,4,5);(H,2,3);;/q;;+1;-1. The molecule has 5 nitrogen and oxygen atoms in total. The maximum absolute atomic E-state index is 9.37. The Morgan fingerprint density at radius 3 is 1.89 bits per heavy atom. The molecule has 0 atom stereocenters. The number of carboxylic acids is 1. The van der Waals surface area contributed by atoms with Crippen LogP contribution in [0.1, 0.15) is 14.8 Å². The van der Waals surface area contributed by atoms with Gasteiger partial charge in [-0.1, -0.05) is 6.92 Å². The number of nitrogens with zero attached hydrogens (tertiary/aromatic N) is 1. The molecule has 6 heteroatoms. The molecule has 0 saturated heterocycles. The number of aliphatic carboxylic acids is 1. The Hall–Kier alpha value is -0.130. The van der Waals surface area contributed by atoms with E-state index in [0.29, 0.717) is 0 Å². The summed E-state index contributed by atoms with van der Waals surface area (Å²) in [5.74, 6) is -0.745. The quantitative estimate of drug-likeness (QED) is 0.247. The van der Waals surface area contributed by atoms with E-state index in [1.165, 1.54) is 5.34 Å². The fourth-order valence-corrected chi connectivity index (χ4v) is 0. The van der Waals surface area contributed by atoms with E-state index in [0.717, 1.165) is 0 Å². The molecule has 0 spiro atoms. The van der Waals surface area contributed by atoms with E-state index < -0.39 is 5.97 Å². The van der Waals surface area contributed by atoms with Crippen LogP contribution in [0, 0.1) is 4.91 Å². The van der Waals surface area contributed by atoms with Gasteiger partial charge < -0.3 is 11.7 Å². The van der Waals surface area contributed by atoms with E-state index in [4.69, 9.17) is 15.2 Å². The van der Waals surface area contributed by atoms with E-state index in [1.807, 2.05) is 0 Å². The second-order valence-corrected chi connectivity index (χ2v) is 0.829. The van der Waals surface area contributed by atoms with Crippen LogP contribution in [0.25, 0.3) is 0 Å². The van der Waals surface area contributed by atoms with Crippen LogP contribution in [0.15, 0.2) is 5.34 Å². The largest absolute Gasteiger partial charge is 1.00 e. The molecule has 0 aromatic rings. The van der Waals surface area contributed by atoms with Gasteiger partial charge in [0, 0.05) is 6.42 Å². The molecule has 0 amide bonds. The van der Waals surface area contributed by atoms with Gasteiger partial charge >= 0.3 is 35.5 Å². The number of carbonyl (C=O) groups is 1. The van der Waals surface area contributed by atoms with Crippen molar-refractivity contribution in [2.24, 2.45) is 5.34 Å². The maximum Gasteiger partial charge on any atom is 1.00 e. The summed E-state index contributed by atoms with van der Waals surface area (Å²) in [6.07, 6.45) is 0.222. The van der Waals surface area contributed by atoms with Crippen LogP contribution in [0.5, 0.6) is 0 Å². The molecule has 0 unspecified atom stereocenters. The first kappa shape index (κ1) is 15.9. The van der Waals surface area contributed by atoms with Crippen molar-refractivity contribution in [3.63, 3.8) is 0 Å². The first-order chi connectivity index (χ1) is 3.68. The summed E-state index contributed by atoms with van der Waals surface area (Å²) in [5, 5.41) is 15.6. The van der Waals surface area contributed by atoms with E-state index in [1.54, 1.807) is 6.92 Å². The van der Waals surface area contributed by atoms with Crippen molar-refractivity contribution in [2.75, 3.05) is 0 Å². The monoisotopic (exact) mass is 145 g/mol. The third kappa shape index (κ3) is 77.5. The predicted molar refractivity (Wildman–Crippen MR) is 26.6 cm³/mol. The van der Waals surface area contributed by atoms with Gasteiger partial charge in [-0.2, -0.15) is 0 Å². The van der Waals surface area contributed by atoms with Gasteiger partial charge in [-0.25, -0.2) is 0 Å². The van der Waals surface area contributed by atoms with Gasteiger partial charge in [-0.3, -0.25) is 4.79 Å². The topological polar surface area (TPSA) is 87.0 Å². The zero-order valence-corrected chi connectivity index (χ0v) is 7.37. The minimum atomic E-state index is -0.745. The minimum Gasteiger partial charge on any atom is -1.00 e. The van der Waals surface area contributed by atoms with Crippen molar-refractivity contribution in [3.8, 4) is 0 Å². The zero-order valence-electron chi connectivity index (χ0n) is 6.37. The average molecular weight is 145 g/mol. The van der Waals surface area contributed by atoms with Crippen molar-refractivity contribution in [1.82, 2.24) is 0 Å². The molecule has 9 heavy (non-hydrogen) atoms. The van der Waals surface area contributed by atoms with E-state index in [2.05, 4.69) is 0 Å². The Labute approximate surface area is 75.8 Å². The van der Waals surface area contributed by atoms with E-state index in [9.17, 15) is 4.79 Å². The Balaban J connectivity index is -0.0000000326. The zero-order chi connectivity index (χ0) is 6.99. The molecular formula is C3H8NNaO4. The average Bonchev–Trinajstić information content (AvgIpc) is 1.69. The summed E-state index contributed by atoms with van der Waals surface area (Å²) >= 11 is 0. The number of hydrogen-bond acceptors (Lipinski definition) is 3. The number of carboxylic acid groups (broad SMARTS) is 1. The Morgan fingerprint density at radius 1 is 1.78 bits per heavy atom. The third-order valence-electron chi connectivity index (χ3n) is 0.302. The molecule has 0 aliphatic carbocycles. The van der Waals surface area contributed by atoms with Crippen LogP contribution in [0.3, 0.4) is 0 Å². The number of hydrogen-bond donors (Lipinski definition) is 2. The normalized spacial score (nSPS) is 5.44. The first-order valence-corrected chi connectivity index (χ1v) is 1.87. The van der Waals surface area contributed by atoms with Crippen molar-refractivity contribution in [1.29, 1.82) is 0 Å². The molecule has 0 aliphatic heterocycles. The fourth-order valence-electron chi connectivity index (χ4n) is 0. The van der Waals surface area contributed by atoms with Gasteiger partial charge in [0.2, 0.25) is 0 Å². The molecule has 0 bridgehead atoms. The van der Waals surface area contributed by atoms with Crippen LogP contribution >= 0.6 is 0 Å². The molecule has 0 fully saturated rings. The van der Waals surface area contributed by atoms with Crippen LogP contribution in [0.4, 0.5) is 0 Å². The van der Waals surface area contributed by atoms with Crippen LogP contribution in [-0.2, 0) is 4.79 Å². The molecule has 0 heterocycles. The Kier molecular flexibility index (Phi) is 27.7. The summed E-state index contributed by atoms with van der Waals surface area (Å²) in [7, 11) is 0. The summed E-state index contributed by atoms with van der Waals surface area (Å²) in [4.78, 5) is 17.5. The summed E-state index contributed by atoms with van der Waals surface area (Å²) in [6, 6.07) is 0. The van der Waals surface area contributed by atoms with Gasteiger partial charge in [0.05, 0.1) is 0 Å². The van der Waals surface area contributed by atoms with E-state index >= 15 is 0 Å². The Morgan fingerprint density at radius 2 is 1.89 bits per heavy atom. The third-order valence-corrected chi connectivity index (χ3v) is 0.302. The van der Waals surface area contributed by atoms with Crippen LogP contribution < -0.4 is 29.6 Å². The van der Waals surface area contributed by atoms with Gasteiger partial charge in [-0.05, 0) is 0 Å². The molecule has 0 rings (SSSR count). The van der Waals surface area contributed by atoms with Gasteiger partial charge in [0.15, 0.2) is 5.34 Å². The van der Waals surface area contributed by atoms with E-state index in [-0.39, 0.29) is 37.4 Å². The molecule has 0 radical (unpaired) electrons. The van der Waals surface area contributed by atoms with Gasteiger partial charge in [-0.15, -0.1) is 4.91 Å². The summed E-state index contributed by atoms with van der Waals surface area (Å²) in [5.41, 5.74) is 0. The fraction of sp³-hybridized carbons (Fsp3) is 0.667. The molecule has 50 valence electrons. The molecular weight excluding hydrogens is 137 g/mol. The van der Waals surface area contributed by atoms with Crippen molar-refractivity contribution < 1.29 is 46.1 Å². The van der Waals surface area contributed by atoms with Gasteiger partial charge in [0.1, 0.15) is 0 Å². The predicted octanol–water partition coefficient (Wildman–Crippen LogP) is -2.26. The Bertz CT molecular complexity index is 80.9. The number of rotatable bonds is 1. The maximum atomic E-state index is 9.37. The van der Waals surface area contributed by atoms with Crippen molar-refractivity contribution in [2.45, 2.75) is 13.3 Å². The molecule has 0 aliphatic rings. The molecule has 2 N–H and O–H groups in total. The smallest absolute Gasteiger partial charge is 1.00 e. The molecule has 0 aromatic carbocycles. The first-order valence-electron chi connectivity index (χ1n) is 1.87. The van der Waals surface area contributed by atoms with Crippen molar-refractivity contribution in [3.05, 3.63) is 4.91 Å². The van der Waals surface area contributed by atoms with Crippen LogP contribution in [-0.4, -0.2) is 16.3 Å². The van der Waals surface area contributed by atoms with Crippen molar-refractivity contribution >= 4 is 5.97 Å². The second kappa shape index (κ2) is 15.7. The van der Waals surface area contributed by atoms with Crippen LogP contribution in [0.2, 0.25) is 0 Å². The SMILES string of the molecule is CCC(=O)O.O=NO.[H-].[Na+]. The summed E-state index contributed by atoms with van der Waals surface area (Å²) in [6.45, 7) is 1.60. The minimum absolute atomic E-state index is 0. The second-order valence-electron chi connectivity index (χ2n) is 0.829. The van der Waals surface area contributed by atoms with Gasteiger partial charge in [0.25, 0.3) is 0 Å². The summed E-state index contributed by atoms with van der Waals surface area (Å²) < 4.78 is 0. The molecule has 0 saturated carbocycles.